The van der Waals surface area contributed by atoms with Gasteiger partial charge < -0.3 is 15.2 Å². The number of nitrogens with one attached hydrogen (secondary N) is 2. The van der Waals surface area contributed by atoms with Crippen LogP contribution in [-0.2, 0) is 19.4 Å². The molecule has 0 unspecified atom stereocenters. The van der Waals surface area contributed by atoms with Crippen LogP contribution in [0.3, 0.4) is 0 Å². The Morgan fingerprint density at radius 3 is 2.88 bits per heavy atom. The lowest BCUT2D eigenvalue weighted by Gasteiger charge is -2.12. The standard InChI is InChI=1S/C18H34N6/c1-4-19-18(21-13-11-15(2)3)20-12-8-10-17-23-22-16-9-6-5-7-14-24(16)17/h15H,4-14H2,1-3H3,(H2,19,20,21). The number of hydrogen-bond acceptors (Lipinski definition) is 3. The first-order valence-electron chi connectivity index (χ1n) is 9.63. The van der Waals surface area contributed by atoms with Crippen molar-refractivity contribution in [1.29, 1.82) is 0 Å². The van der Waals surface area contributed by atoms with E-state index in [-0.39, 0.29) is 0 Å². The van der Waals surface area contributed by atoms with E-state index in [1.54, 1.807) is 0 Å². The maximum Gasteiger partial charge on any atom is 0.191 e. The van der Waals surface area contributed by atoms with Crippen molar-refractivity contribution in [1.82, 2.24) is 25.4 Å². The number of rotatable bonds is 8. The SMILES string of the molecule is CCNC(=NCCCc1nnc2n1CCCCC2)NCCC(C)C. The predicted molar refractivity (Wildman–Crippen MR) is 99.3 cm³/mol. The quantitative estimate of drug-likeness (QED) is 0.435. The molecular weight excluding hydrogens is 300 g/mol. The molecule has 0 fully saturated rings. The van der Waals surface area contributed by atoms with Crippen LogP contribution in [0, 0.1) is 5.92 Å². The molecule has 0 amide bonds. The Kier molecular flexibility index (Phi) is 8.05. The Labute approximate surface area is 146 Å². The lowest BCUT2D eigenvalue weighted by atomic mass is 10.1. The van der Waals surface area contributed by atoms with Crippen molar-refractivity contribution < 1.29 is 0 Å². The van der Waals surface area contributed by atoms with Crippen LogP contribution in [0.25, 0.3) is 0 Å². The molecule has 1 aromatic rings. The van der Waals surface area contributed by atoms with E-state index in [2.05, 4.69) is 51.2 Å². The molecule has 2 N–H and O–H groups in total. The molecule has 0 aromatic carbocycles. The zero-order valence-corrected chi connectivity index (χ0v) is 15.6. The second-order valence-electron chi connectivity index (χ2n) is 6.97. The Balaban J connectivity index is 1.78. The Morgan fingerprint density at radius 2 is 2.08 bits per heavy atom. The lowest BCUT2D eigenvalue weighted by molar-refractivity contribution is 0.573. The number of aliphatic imine (C=N–C) groups is 1. The molecule has 0 saturated heterocycles. The minimum absolute atomic E-state index is 0.712. The van der Waals surface area contributed by atoms with Crippen molar-refractivity contribution in [2.45, 2.75) is 72.3 Å². The number of aromatic nitrogens is 3. The van der Waals surface area contributed by atoms with Gasteiger partial charge in [-0.2, -0.15) is 0 Å². The van der Waals surface area contributed by atoms with E-state index in [1.807, 2.05) is 0 Å². The van der Waals surface area contributed by atoms with E-state index in [4.69, 9.17) is 0 Å². The molecule has 0 aliphatic carbocycles. The van der Waals surface area contributed by atoms with Crippen molar-refractivity contribution in [2.75, 3.05) is 19.6 Å². The van der Waals surface area contributed by atoms with Gasteiger partial charge in [0.25, 0.3) is 0 Å². The Morgan fingerprint density at radius 1 is 1.21 bits per heavy atom. The lowest BCUT2D eigenvalue weighted by Crippen LogP contribution is -2.38. The maximum absolute atomic E-state index is 4.68. The second kappa shape index (κ2) is 10.3. The summed E-state index contributed by atoms with van der Waals surface area (Å²) in [7, 11) is 0. The molecule has 1 aliphatic rings. The van der Waals surface area contributed by atoms with Gasteiger partial charge in [-0.25, -0.2) is 0 Å². The van der Waals surface area contributed by atoms with Gasteiger partial charge in [0.15, 0.2) is 5.96 Å². The van der Waals surface area contributed by atoms with Gasteiger partial charge in [0.05, 0.1) is 0 Å². The fourth-order valence-electron chi connectivity index (χ4n) is 2.98. The molecule has 1 aliphatic heterocycles. The number of hydrogen-bond donors (Lipinski definition) is 2. The Bertz CT molecular complexity index is 506. The first kappa shape index (κ1) is 18.7. The third-order valence-corrected chi connectivity index (χ3v) is 4.37. The molecule has 0 bridgehead atoms. The van der Waals surface area contributed by atoms with Crippen LogP contribution in [0.2, 0.25) is 0 Å². The molecule has 6 nitrogen and oxygen atoms in total. The number of aryl methyl sites for hydroxylation is 2. The van der Waals surface area contributed by atoms with Gasteiger partial charge in [-0.3, -0.25) is 4.99 Å². The molecular formula is C18H34N6. The maximum atomic E-state index is 4.68. The zero-order valence-electron chi connectivity index (χ0n) is 15.6. The van der Waals surface area contributed by atoms with Crippen LogP contribution in [0.4, 0.5) is 0 Å². The third-order valence-electron chi connectivity index (χ3n) is 4.37. The van der Waals surface area contributed by atoms with E-state index in [1.165, 1.54) is 25.1 Å². The smallest absolute Gasteiger partial charge is 0.191 e. The average molecular weight is 335 g/mol. The van der Waals surface area contributed by atoms with Gasteiger partial charge in [0.1, 0.15) is 11.6 Å². The number of nitrogens with zero attached hydrogens (tertiary/aromatic N) is 4. The van der Waals surface area contributed by atoms with E-state index < -0.39 is 0 Å². The summed E-state index contributed by atoms with van der Waals surface area (Å²) in [5, 5.41) is 15.5. The van der Waals surface area contributed by atoms with E-state index in [0.29, 0.717) is 5.92 Å². The molecule has 0 saturated carbocycles. The van der Waals surface area contributed by atoms with E-state index in [0.717, 1.165) is 63.6 Å². The van der Waals surface area contributed by atoms with Crippen molar-refractivity contribution in [3.8, 4) is 0 Å². The van der Waals surface area contributed by atoms with Crippen LogP contribution >= 0.6 is 0 Å². The van der Waals surface area contributed by atoms with Crippen LogP contribution in [-0.4, -0.2) is 40.4 Å². The molecule has 2 heterocycles. The summed E-state index contributed by atoms with van der Waals surface area (Å²) >= 11 is 0. The first-order chi connectivity index (χ1) is 11.7. The summed E-state index contributed by atoms with van der Waals surface area (Å²) in [6.45, 7) is 10.4. The third kappa shape index (κ3) is 6.13. The van der Waals surface area contributed by atoms with Crippen LogP contribution in [0.1, 0.15) is 64.5 Å². The van der Waals surface area contributed by atoms with Crippen molar-refractivity contribution in [2.24, 2.45) is 10.9 Å². The fraction of sp³-hybridized carbons (Fsp3) is 0.833. The van der Waals surface area contributed by atoms with Crippen LogP contribution < -0.4 is 10.6 Å². The minimum Gasteiger partial charge on any atom is -0.357 e. The summed E-state index contributed by atoms with van der Waals surface area (Å²) in [6, 6.07) is 0. The van der Waals surface area contributed by atoms with Gasteiger partial charge in [-0.05, 0) is 38.5 Å². The molecule has 24 heavy (non-hydrogen) atoms. The van der Waals surface area contributed by atoms with Crippen molar-refractivity contribution >= 4 is 5.96 Å². The average Bonchev–Trinajstić information content (AvgIpc) is 2.78. The summed E-state index contributed by atoms with van der Waals surface area (Å²) in [4.78, 5) is 4.68. The molecule has 0 spiro atoms. The van der Waals surface area contributed by atoms with Gasteiger partial charge in [-0.1, -0.05) is 20.3 Å². The summed E-state index contributed by atoms with van der Waals surface area (Å²) in [6.07, 6.45) is 8.02. The van der Waals surface area contributed by atoms with E-state index in [9.17, 15) is 0 Å². The van der Waals surface area contributed by atoms with Gasteiger partial charge >= 0.3 is 0 Å². The molecule has 2 rings (SSSR count). The monoisotopic (exact) mass is 334 g/mol. The highest BCUT2D eigenvalue weighted by Gasteiger charge is 2.13. The first-order valence-corrected chi connectivity index (χ1v) is 9.63. The molecule has 6 heteroatoms. The van der Waals surface area contributed by atoms with Gasteiger partial charge in [0.2, 0.25) is 0 Å². The normalized spacial score (nSPS) is 15.2. The highest BCUT2D eigenvalue weighted by Crippen LogP contribution is 2.15. The fourth-order valence-corrected chi connectivity index (χ4v) is 2.98. The number of fused-ring (bicyclic) bond motifs is 1. The van der Waals surface area contributed by atoms with Crippen molar-refractivity contribution in [3.63, 3.8) is 0 Å². The minimum atomic E-state index is 0.712. The number of guanidine groups is 1. The largest absolute Gasteiger partial charge is 0.357 e. The Hall–Kier alpha value is -1.59. The van der Waals surface area contributed by atoms with Gasteiger partial charge in [-0.15, -0.1) is 10.2 Å². The topological polar surface area (TPSA) is 67.1 Å². The highest BCUT2D eigenvalue weighted by molar-refractivity contribution is 5.79. The molecule has 1 aromatic heterocycles. The summed E-state index contributed by atoms with van der Waals surface area (Å²) < 4.78 is 2.34. The predicted octanol–water partition coefficient (Wildman–Crippen LogP) is 2.54. The highest BCUT2D eigenvalue weighted by atomic mass is 15.3. The van der Waals surface area contributed by atoms with Gasteiger partial charge in [0, 0.05) is 39.0 Å². The van der Waals surface area contributed by atoms with E-state index >= 15 is 0 Å². The summed E-state index contributed by atoms with van der Waals surface area (Å²) in [5.41, 5.74) is 0. The molecule has 0 radical (unpaired) electrons. The van der Waals surface area contributed by atoms with Crippen LogP contribution in [0.15, 0.2) is 4.99 Å². The zero-order chi connectivity index (χ0) is 17.2. The van der Waals surface area contributed by atoms with Crippen LogP contribution in [0.5, 0.6) is 0 Å². The molecule has 136 valence electrons. The summed E-state index contributed by atoms with van der Waals surface area (Å²) in [5.74, 6) is 3.95. The second-order valence-corrected chi connectivity index (χ2v) is 6.97. The van der Waals surface area contributed by atoms with Crippen molar-refractivity contribution in [3.05, 3.63) is 11.6 Å². The molecule has 0 atom stereocenters.